The molecule has 0 spiro atoms. The summed E-state index contributed by atoms with van der Waals surface area (Å²) in [6, 6.07) is 1.55. The van der Waals surface area contributed by atoms with Crippen LogP contribution in [0.2, 0.25) is 0 Å². The van der Waals surface area contributed by atoms with E-state index in [1.54, 1.807) is 0 Å². The third-order valence-electron chi connectivity index (χ3n) is 4.87. The van der Waals surface area contributed by atoms with Crippen molar-refractivity contribution in [3.8, 4) is 0 Å². The second-order valence-corrected chi connectivity index (χ2v) is 6.93. The molecule has 1 saturated heterocycles. The van der Waals surface area contributed by atoms with Gasteiger partial charge in [0.05, 0.1) is 0 Å². The summed E-state index contributed by atoms with van der Waals surface area (Å²) >= 11 is 0. The van der Waals surface area contributed by atoms with E-state index in [0.717, 1.165) is 23.9 Å². The molecule has 1 N–H and O–H groups in total. The lowest BCUT2D eigenvalue weighted by Crippen LogP contribution is -2.46. The van der Waals surface area contributed by atoms with E-state index >= 15 is 0 Å². The second-order valence-electron chi connectivity index (χ2n) is 6.93. The summed E-state index contributed by atoms with van der Waals surface area (Å²) in [7, 11) is 0. The molecule has 2 atom stereocenters. The first-order valence-corrected chi connectivity index (χ1v) is 8.14. The first kappa shape index (κ1) is 14.3. The zero-order valence-electron chi connectivity index (χ0n) is 12.6. The summed E-state index contributed by atoms with van der Waals surface area (Å²) in [5.41, 5.74) is 0. The Morgan fingerprint density at radius 2 is 1.78 bits per heavy atom. The minimum atomic E-state index is 0.757. The number of hydrogen-bond acceptors (Lipinski definition) is 2. The van der Waals surface area contributed by atoms with E-state index in [9.17, 15) is 0 Å². The number of hydrogen-bond donors (Lipinski definition) is 1. The molecule has 0 bridgehead atoms. The maximum atomic E-state index is 3.66. The van der Waals surface area contributed by atoms with Crippen LogP contribution in [0.5, 0.6) is 0 Å². The van der Waals surface area contributed by atoms with Crippen molar-refractivity contribution >= 4 is 0 Å². The lowest BCUT2D eigenvalue weighted by molar-refractivity contribution is 0.128. The van der Waals surface area contributed by atoms with E-state index in [4.69, 9.17) is 0 Å². The van der Waals surface area contributed by atoms with Crippen LogP contribution in [0, 0.1) is 11.8 Å². The molecule has 2 rings (SSSR count). The average Bonchev–Trinajstić information content (AvgIpc) is 2.99. The highest BCUT2D eigenvalue weighted by molar-refractivity contribution is 4.85. The molecular weight excluding hydrogens is 220 g/mol. The van der Waals surface area contributed by atoms with E-state index in [1.807, 2.05) is 0 Å². The van der Waals surface area contributed by atoms with Gasteiger partial charge in [-0.2, -0.15) is 0 Å². The predicted molar refractivity (Wildman–Crippen MR) is 78.9 cm³/mol. The van der Waals surface area contributed by atoms with Gasteiger partial charge in [-0.05, 0) is 51.0 Å². The van der Waals surface area contributed by atoms with Crippen molar-refractivity contribution in [2.45, 2.75) is 71.4 Å². The summed E-state index contributed by atoms with van der Waals surface area (Å²) in [5, 5.41) is 3.66. The van der Waals surface area contributed by atoms with Crippen molar-refractivity contribution in [3.05, 3.63) is 0 Å². The monoisotopic (exact) mass is 252 g/mol. The molecule has 0 radical (unpaired) electrons. The fraction of sp³-hybridized carbons (Fsp3) is 1.00. The van der Waals surface area contributed by atoms with Gasteiger partial charge in [0.1, 0.15) is 0 Å². The summed E-state index contributed by atoms with van der Waals surface area (Å²) in [5.74, 6) is 1.75. The standard InChI is InChI=1S/C16H32N2/c1-13(2)11-18(12-16-9-6-10-17-16)14(3)15-7-4-5-8-15/h13-17H,4-12H2,1-3H3. The van der Waals surface area contributed by atoms with Crippen LogP contribution < -0.4 is 5.32 Å². The molecular formula is C16H32N2. The van der Waals surface area contributed by atoms with Crippen LogP contribution in [0.3, 0.4) is 0 Å². The van der Waals surface area contributed by atoms with E-state index in [1.165, 1.54) is 58.2 Å². The minimum absolute atomic E-state index is 0.757. The Balaban J connectivity index is 1.89. The molecule has 2 heteroatoms. The molecule has 1 aliphatic heterocycles. The second kappa shape index (κ2) is 6.91. The van der Waals surface area contributed by atoms with Crippen LogP contribution in [0.25, 0.3) is 0 Å². The third kappa shape index (κ3) is 3.96. The molecule has 0 amide bonds. The van der Waals surface area contributed by atoms with Gasteiger partial charge in [-0.15, -0.1) is 0 Å². The zero-order valence-corrected chi connectivity index (χ0v) is 12.6. The Bertz CT molecular complexity index is 227. The van der Waals surface area contributed by atoms with Crippen molar-refractivity contribution < 1.29 is 0 Å². The normalized spacial score (nSPS) is 27.5. The highest BCUT2D eigenvalue weighted by Gasteiger charge is 2.28. The van der Waals surface area contributed by atoms with Gasteiger partial charge in [0.15, 0.2) is 0 Å². The molecule has 2 fully saturated rings. The van der Waals surface area contributed by atoms with E-state index in [0.29, 0.717) is 0 Å². The fourth-order valence-corrected chi connectivity index (χ4v) is 3.81. The molecule has 106 valence electrons. The van der Waals surface area contributed by atoms with Crippen molar-refractivity contribution in [1.29, 1.82) is 0 Å². The SMILES string of the molecule is CC(C)CN(CC1CCCN1)C(C)C1CCCC1. The molecule has 1 heterocycles. The number of rotatable bonds is 6. The van der Waals surface area contributed by atoms with Crippen LogP contribution in [0.15, 0.2) is 0 Å². The van der Waals surface area contributed by atoms with Gasteiger partial charge in [-0.3, -0.25) is 4.90 Å². The molecule has 18 heavy (non-hydrogen) atoms. The molecule has 2 nitrogen and oxygen atoms in total. The maximum Gasteiger partial charge on any atom is 0.0195 e. The topological polar surface area (TPSA) is 15.3 Å². The van der Waals surface area contributed by atoms with E-state index in [-0.39, 0.29) is 0 Å². The molecule has 1 saturated carbocycles. The van der Waals surface area contributed by atoms with Crippen molar-refractivity contribution in [3.63, 3.8) is 0 Å². The van der Waals surface area contributed by atoms with E-state index in [2.05, 4.69) is 31.0 Å². The lowest BCUT2D eigenvalue weighted by atomic mass is 9.96. The molecule has 2 aliphatic rings. The summed E-state index contributed by atoms with van der Waals surface area (Å²) in [6.07, 6.45) is 8.62. The minimum Gasteiger partial charge on any atom is -0.313 e. The molecule has 0 aromatic rings. The molecule has 1 aliphatic carbocycles. The fourth-order valence-electron chi connectivity index (χ4n) is 3.81. The Kier molecular flexibility index (Phi) is 5.50. The highest BCUT2D eigenvalue weighted by atomic mass is 15.2. The van der Waals surface area contributed by atoms with Gasteiger partial charge in [0.2, 0.25) is 0 Å². The quantitative estimate of drug-likeness (QED) is 0.780. The maximum absolute atomic E-state index is 3.66. The van der Waals surface area contributed by atoms with Crippen LogP contribution in [0.1, 0.15) is 59.3 Å². The Labute approximate surface area is 114 Å². The van der Waals surface area contributed by atoms with Crippen LogP contribution in [-0.4, -0.2) is 36.6 Å². The van der Waals surface area contributed by atoms with Gasteiger partial charge in [0, 0.05) is 25.2 Å². The average molecular weight is 252 g/mol. The third-order valence-corrected chi connectivity index (χ3v) is 4.87. The van der Waals surface area contributed by atoms with Crippen LogP contribution >= 0.6 is 0 Å². The number of nitrogens with zero attached hydrogens (tertiary/aromatic N) is 1. The van der Waals surface area contributed by atoms with Gasteiger partial charge in [0.25, 0.3) is 0 Å². The smallest absolute Gasteiger partial charge is 0.0195 e. The van der Waals surface area contributed by atoms with Crippen LogP contribution in [0.4, 0.5) is 0 Å². The Morgan fingerprint density at radius 3 is 2.33 bits per heavy atom. The first-order valence-electron chi connectivity index (χ1n) is 8.14. The summed E-state index contributed by atoms with van der Waals surface area (Å²) < 4.78 is 0. The van der Waals surface area contributed by atoms with Gasteiger partial charge in [-0.1, -0.05) is 26.7 Å². The molecule has 2 unspecified atom stereocenters. The first-order chi connectivity index (χ1) is 8.66. The van der Waals surface area contributed by atoms with Crippen LogP contribution in [-0.2, 0) is 0 Å². The van der Waals surface area contributed by atoms with E-state index < -0.39 is 0 Å². The summed E-state index contributed by atoms with van der Waals surface area (Å²) in [4.78, 5) is 2.78. The van der Waals surface area contributed by atoms with Crippen molar-refractivity contribution in [2.24, 2.45) is 11.8 Å². The predicted octanol–water partition coefficient (Wildman–Crippen LogP) is 3.28. The number of nitrogens with one attached hydrogen (secondary N) is 1. The largest absolute Gasteiger partial charge is 0.313 e. The molecule has 0 aromatic heterocycles. The van der Waals surface area contributed by atoms with Gasteiger partial charge < -0.3 is 5.32 Å². The molecule has 0 aromatic carbocycles. The van der Waals surface area contributed by atoms with Crippen molar-refractivity contribution in [1.82, 2.24) is 10.2 Å². The zero-order chi connectivity index (χ0) is 13.0. The Morgan fingerprint density at radius 1 is 1.06 bits per heavy atom. The lowest BCUT2D eigenvalue weighted by Gasteiger charge is -2.36. The van der Waals surface area contributed by atoms with Gasteiger partial charge >= 0.3 is 0 Å². The van der Waals surface area contributed by atoms with Crippen molar-refractivity contribution in [2.75, 3.05) is 19.6 Å². The highest BCUT2D eigenvalue weighted by Crippen LogP contribution is 2.30. The summed E-state index contributed by atoms with van der Waals surface area (Å²) in [6.45, 7) is 11.0. The Hall–Kier alpha value is -0.0800. The van der Waals surface area contributed by atoms with Gasteiger partial charge in [-0.25, -0.2) is 0 Å².